The molecule has 2 rings (SSSR count). The number of nitrogens with one attached hydrogen (secondary N) is 1. The van der Waals surface area contributed by atoms with E-state index in [2.05, 4.69) is 18.3 Å². The molecule has 0 bridgehead atoms. The number of amides is 1. The number of carbonyl (C=O) groups is 1. The molecular formula is C14H24N2O2. The Morgan fingerprint density at radius 3 is 3.06 bits per heavy atom. The van der Waals surface area contributed by atoms with Crippen molar-refractivity contribution in [1.82, 2.24) is 10.2 Å². The van der Waals surface area contributed by atoms with Crippen molar-refractivity contribution in [3.8, 4) is 0 Å². The van der Waals surface area contributed by atoms with Crippen molar-refractivity contribution in [2.75, 3.05) is 33.4 Å². The molecule has 18 heavy (non-hydrogen) atoms. The maximum absolute atomic E-state index is 12.4. The van der Waals surface area contributed by atoms with Crippen molar-refractivity contribution in [3.63, 3.8) is 0 Å². The molecule has 0 saturated carbocycles. The lowest BCUT2D eigenvalue weighted by molar-refractivity contribution is -0.134. The molecule has 1 saturated heterocycles. The first-order valence-electron chi connectivity index (χ1n) is 6.89. The number of piperidine rings is 1. The Labute approximate surface area is 109 Å². The lowest BCUT2D eigenvalue weighted by Gasteiger charge is -2.33. The number of carbonyl (C=O) groups excluding carboxylic acids is 1. The number of ether oxygens (including phenoxy) is 1. The molecule has 2 atom stereocenters. The second kappa shape index (κ2) is 6.34. The number of rotatable bonds is 3. The fourth-order valence-corrected chi connectivity index (χ4v) is 2.74. The molecule has 2 unspecified atom stereocenters. The summed E-state index contributed by atoms with van der Waals surface area (Å²) in [5.74, 6) is 0.929. The van der Waals surface area contributed by atoms with Crippen LogP contribution < -0.4 is 5.32 Å². The van der Waals surface area contributed by atoms with Gasteiger partial charge in [0.2, 0.25) is 5.91 Å². The molecule has 4 nitrogen and oxygen atoms in total. The molecule has 0 spiro atoms. The fraction of sp³-hybridized carbons (Fsp3) is 0.786. The summed E-state index contributed by atoms with van der Waals surface area (Å²) in [7, 11) is 1.71. The Morgan fingerprint density at radius 1 is 1.61 bits per heavy atom. The van der Waals surface area contributed by atoms with Gasteiger partial charge < -0.3 is 15.0 Å². The van der Waals surface area contributed by atoms with E-state index in [1.54, 1.807) is 7.11 Å². The highest BCUT2D eigenvalue weighted by Gasteiger charge is 2.28. The Balaban J connectivity index is 1.87. The SMILES string of the molecule is COCC1=CCN(C(=O)C2CC(C)CCN2)CC1. The van der Waals surface area contributed by atoms with Crippen LogP contribution in [0.15, 0.2) is 11.6 Å². The minimum atomic E-state index is 0.0334. The molecule has 0 radical (unpaired) electrons. The van der Waals surface area contributed by atoms with Gasteiger partial charge >= 0.3 is 0 Å². The summed E-state index contributed by atoms with van der Waals surface area (Å²) in [5.41, 5.74) is 1.31. The van der Waals surface area contributed by atoms with Gasteiger partial charge in [-0.15, -0.1) is 0 Å². The standard InChI is InChI=1S/C14H24N2O2/c1-11-3-6-15-13(9-11)14(17)16-7-4-12(5-8-16)10-18-2/h4,11,13,15H,3,5-10H2,1-2H3. The Kier molecular flexibility index (Phi) is 4.78. The quantitative estimate of drug-likeness (QED) is 0.767. The van der Waals surface area contributed by atoms with Crippen molar-refractivity contribution in [3.05, 3.63) is 11.6 Å². The van der Waals surface area contributed by atoms with Crippen LogP contribution in [0.2, 0.25) is 0 Å². The highest BCUT2D eigenvalue weighted by molar-refractivity contribution is 5.82. The van der Waals surface area contributed by atoms with Crippen LogP contribution in [0.25, 0.3) is 0 Å². The lowest BCUT2D eigenvalue weighted by Crippen LogP contribution is -2.51. The van der Waals surface area contributed by atoms with E-state index in [1.807, 2.05) is 4.90 Å². The monoisotopic (exact) mass is 252 g/mol. The van der Waals surface area contributed by atoms with Gasteiger partial charge in [0.05, 0.1) is 12.6 Å². The molecule has 1 amide bonds. The second-order valence-corrected chi connectivity index (χ2v) is 5.47. The van der Waals surface area contributed by atoms with Gasteiger partial charge in [-0.05, 0) is 37.3 Å². The summed E-state index contributed by atoms with van der Waals surface area (Å²) in [5, 5.41) is 3.35. The van der Waals surface area contributed by atoms with E-state index >= 15 is 0 Å². The molecule has 2 heterocycles. The smallest absolute Gasteiger partial charge is 0.240 e. The number of nitrogens with zero attached hydrogens (tertiary/aromatic N) is 1. The van der Waals surface area contributed by atoms with Crippen LogP contribution in [0.3, 0.4) is 0 Å². The molecule has 0 aliphatic carbocycles. The summed E-state index contributed by atoms with van der Waals surface area (Å²) in [4.78, 5) is 14.3. The zero-order valence-electron chi connectivity index (χ0n) is 11.4. The van der Waals surface area contributed by atoms with Gasteiger partial charge in [0.25, 0.3) is 0 Å². The van der Waals surface area contributed by atoms with E-state index in [-0.39, 0.29) is 11.9 Å². The molecule has 2 aliphatic heterocycles. The Bertz CT molecular complexity index is 328. The first kappa shape index (κ1) is 13.6. The number of hydrogen-bond acceptors (Lipinski definition) is 3. The van der Waals surface area contributed by atoms with Crippen LogP contribution in [-0.4, -0.2) is 50.2 Å². The van der Waals surface area contributed by atoms with Crippen LogP contribution in [0.5, 0.6) is 0 Å². The molecule has 0 aromatic heterocycles. The third-order valence-electron chi connectivity index (χ3n) is 3.91. The fourth-order valence-electron chi connectivity index (χ4n) is 2.74. The van der Waals surface area contributed by atoms with Crippen LogP contribution in [0, 0.1) is 5.92 Å². The van der Waals surface area contributed by atoms with Crippen molar-refractivity contribution in [2.24, 2.45) is 5.92 Å². The molecule has 0 aromatic carbocycles. The van der Waals surface area contributed by atoms with Gasteiger partial charge in [0.15, 0.2) is 0 Å². The summed E-state index contributed by atoms with van der Waals surface area (Å²) >= 11 is 0. The second-order valence-electron chi connectivity index (χ2n) is 5.47. The molecule has 0 aromatic rings. The van der Waals surface area contributed by atoms with E-state index in [1.165, 1.54) is 12.0 Å². The van der Waals surface area contributed by atoms with Crippen LogP contribution in [0.4, 0.5) is 0 Å². The van der Waals surface area contributed by atoms with Crippen molar-refractivity contribution in [1.29, 1.82) is 0 Å². The van der Waals surface area contributed by atoms with E-state index in [4.69, 9.17) is 4.74 Å². The highest BCUT2D eigenvalue weighted by atomic mass is 16.5. The largest absolute Gasteiger partial charge is 0.380 e. The van der Waals surface area contributed by atoms with E-state index < -0.39 is 0 Å². The molecule has 2 aliphatic rings. The highest BCUT2D eigenvalue weighted by Crippen LogP contribution is 2.18. The third kappa shape index (κ3) is 3.33. The van der Waals surface area contributed by atoms with Gasteiger partial charge in [-0.1, -0.05) is 13.0 Å². The first-order valence-corrected chi connectivity index (χ1v) is 6.89. The minimum Gasteiger partial charge on any atom is -0.380 e. The summed E-state index contributed by atoms with van der Waals surface area (Å²) in [6, 6.07) is 0.0334. The van der Waals surface area contributed by atoms with Crippen LogP contribution >= 0.6 is 0 Å². The van der Waals surface area contributed by atoms with Gasteiger partial charge in [0, 0.05) is 20.2 Å². The van der Waals surface area contributed by atoms with Gasteiger partial charge in [-0.2, -0.15) is 0 Å². The zero-order valence-corrected chi connectivity index (χ0v) is 11.4. The Hall–Kier alpha value is -0.870. The van der Waals surface area contributed by atoms with E-state index in [0.717, 1.165) is 32.5 Å². The van der Waals surface area contributed by atoms with Crippen LogP contribution in [0.1, 0.15) is 26.2 Å². The number of hydrogen-bond donors (Lipinski definition) is 1. The predicted octanol–water partition coefficient (Wildman–Crippen LogP) is 1.18. The Morgan fingerprint density at radius 2 is 2.44 bits per heavy atom. The van der Waals surface area contributed by atoms with Crippen molar-refractivity contribution >= 4 is 5.91 Å². The molecule has 102 valence electrons. The molecule has 4 heteroatoms. The van der Waals surface area contributed by atoms with Gasteiger partial charge in [-0.25, -0.2) is 0 Å². The van der Waals surface area contributed by atoms with Crippen LogP contribution in [-0.2, 0) is 9.53 Å². The molecule has 1 fully saturated rings. The summed E-state index contributed by atoms with van der Waals surface area (Å²) < 4.78 is 5.12. The van der Waals surface area contributed by atoms with E-state index in [9.17, 15) is 4.79 Å². The predicted molar refractivity (Wildman–Crippen MR) is 71.3 cm³/mol. The van der Waals surface area contributed by atoms with E-state index in [0.29, 0.717) is 12.5 Å². The minimum absolute atomic E-state index is 0.0334. The summed E-state index contributed by atoms with van der Waals surface area (Å²) in [6.45, 7) is 5.47. The average Bonchev–Trinajstić information content (AvgIpc) is 2.39. The topological polar surface area (TPSA) is 41.6 Å². The zero-order chi connectivity index (χ0) is 13.0. The maximum atomic E-state index is 12.4. The average molecular weight is 252 g/mol. The van der Waals surface area contributed by atoms with Crippen molar-refractivity contribution in [2.45, 2.75) is 32.2 Å². The number of methoxy groups -OCH3 is 1. The van der Waals surface area contributed by atoms with Gasteiger partial charge in [-0.3, -0.25) is 4.79 Å². The molecule has 1 N–H and O–H groups in total. The summed E-state index contributed by atoms with van der Waals surface area (Å²) in [6.07, 6.45) is 5.24. The van der Waals surface area contributed by atoms with Crippen molar-refractivity contribution < 1.29 is 9.53 Å². The lowest BCUT2D eigenvalue weighted by atomic mass is 9.93. The normalized spacial score (nSPS) is 29.0. The molecular weight excluding hydrogens is 228 g/mol. The third-order valence-corrected chi connectivity index (χ3v) is 3.91. The first-order chi connectivity index (χ1) is 8.70. The maximum Gasteiger partial charge on any atom is 0.240 e. The van der Waals surface area contributed by atoms with Gasteiger partial charge in [0.1, 0.15) is 0 Å².